The molecule has 1 atom stereocenters. The van der Waals surface area contributed by atoms with E-state index in [1.165, 1.54) is 0 Å². The Morgan fingerprint density at radius 3 is 2.56 bits per heavy atom. The van der Waals surface area contributed by atoms with Gasteiger partial charge in [-0.25, -0.2) is 0 Å². The number of carbonyl (C=O) groups is 1. The third-order valence-electron chi connectivity index (χ3n) is 3.14. The summed E-state index contributed by atoms with van der Waals surface area (Å²) in [5.74, 6) is -0.453. The Labute approximate surface area is 109 Å². The number of amides is 1. The number of hydrogen-bond acceptors (Lipinski definition) is 2. The normalized spacial score (nSPS) is 21.6. The molecule has 1 heterocycles. The molecule has 1 amide bonds. The predicted octanol–water partition coefficient (Wildman–Crippen LogP) is 2.53. The Morgan fingerprint density at radius 1 is 1.11 bits per heavy atom. The zero-order valence-corrected chi connectivity index (χ0v) is 10.1. The van der Waals surface area contributed by atoms with Crippen molar-refractivity contribution < 1.29 is 9.90 Å². The fraction of sp³-hybridized carbons (Fsp3) is 0.0714. The van der Waals surface area contributed by atoms with Crippen LogP contribution in [0.2, 0.25) is 5.02 Å². The van der Waals surface area contributed by atoms with Crippen molar-refractivity contribution in [1.29, 1.82) is 0 Å². The predicted molar refractivity (Wildman–Crippen MR) is 69.5 cm³/mol. The first-order valence-electron chi connectivity index (χ1n) is 5.52. The maximum atomic E-state index is 12.1. The van der Waals surface area contributed by atoms with Crippen molar-refractivity contribution in [3.05, 3.63) is 64.7 Å². The van der Waals surface area contributed by atoms with Crippen molar-refractivity contribution in [2.24, 2.45) is 0 Å². The summed E-state index contributed by atoms with van der Waals surface area (Å²) in [7, 11) is 0. The molecule has 0 radical (unpaired) electrons. The summed E-state index contributed by atoms with van der Waals surface area (Å²) in [6.45, 7) is 0. The minimum atomic E-state index is -1.64. The minimum absolute atomic E-state index is 0.453. The molecule has 3 rings (SSSR count). The van der Waals surface area contributed by atoms with E-state index in [0.717, 1.165) is 0 Å². The van der Waals surface area contributed by atoms with Crippen molar-refractivity contribution in [3.63, 3.8) is 0 Å². The third kappa shape index (κ3) is 1.45. The van der Waals surface area contributed by atoms with Gasteiger partial charge in [0.15, 0.2) is 5.60 Å². The molecule has 4 heteroatoms. The molecule has 3 nitrogen and oxygen atoms in total. The molecule has 0 bridgehead atoms. The lowest BCUT2D eigenvalue weighted by atomic mass is 9.88. The first kappa shape index (κ1) is 11.3. The van der Waals surface area contributed by atoms with Gasteiger partial charge >= 0.3 is 0 Å². The second-order valence-corrected chi connectivity index (χ2v) is 4.66. The lowest BCUT2D eigenvalue weighted by Crippen LogP contribution is -2.35. The summed E-state index contributed by atoms with van der Waals surface area (Å²) >= 11 is 5.88. The fourth-order valence-corrected chi connectivity index (χ4v) is 2.41. The van der Waals surface area contributed by atoms with E-state index in [1.54, 1.807) is 42.5 Å². The topological polar surface area (TPSA) is 49.3 Å². The third-order valence-corrected chi connectivity index (χ3v) is 3.37. The van der Waals surface area contributed by atoms with Crippen LogP contribution in [0.3, 0.4) is 0 Å². The average Bonchev–Trinajstić information content (AvgIpc) is 2.63. The van der Waals surface area contributed by atoms with Gasteiger partial charge in [-0.1, -0.05) is 48.0 Å². The van der Waals surface area contributed by atoms with E-state index < -0.39 is 11.5 Å². The number of rotatable bonds is 1. The summed E-state index contributed by atoms with van der Waals surface area (Å²) in [4.78, 5) is 12.1. The summed E-state index contributed by atoms with van der Waals surface area (Å²) in [6, 6.07) is 13.8. The van der Waals surface area contributed by atoms with Gasteiger partial charge < -0.3 is 10.4 Å². The molecule has 0 aromatic heterocycles. The second kappa shape index (κ2) is 3.83. The van der Waals surface area contributed by atoms with Crippen LogP contribution >= 0.6 is 11.6 Å². The summed E-state index contributed by atoms with van der Waals surface area (Å²) in [6.07, 6.45) is 0. The van der Waals surface area contributed by atoms with E-state index in [1.807, 2.05) is 6.07 Å². The van der Waals surface area contributed by atoms with Gasteiger partial charge in [0.1, 0.15) is 0 Å². The lowest BCUT2D eigenvalue weighted by molar-refractivity contribution is -0.129. The Hall–Kier alpha value is -1.84. The van der Waals surface area contributed by atoms with E-state index in [4.69, 9.17) is 11.6 Å². The molecule has 0 spiro atoms. The molecule has 1 unspecified atom stereocenters. The molecule has 0 saturated carbocycles. The molecular formula is C14H10ClNO2. The highest BCUT2D eigenvalue weighted by Gasteiger charge is 2.46. The van der Waals surface area contributed by atoms with E-state index >= 15 is 0 Å². The van der Waals surface area contributed by atoms with Gasteiger partial charge in [0.25, 0.3) is 5.91 Å². The van der Waals surface area contributed by atoms with Crippen molar-refractivity contribution in [1.82, 2.24) is 0 Å². The van der Waals surface area contributed by atoms with Crippen LogP contribution in [0.15, 0.2) is 48.5 Å². The highest BCUT2D eigenvalue weighted by atomic mass is 35.5. The molecule has 0 fully saturated rings. The largest absolute Gasteiger partial charge is 0.372 e. The van der Waals surface area contributed by atoms with Gasteiger partial charge in [-0.05, 0) is 17.7 Å². The average molecular weight is 260 g/mol. The Balaban J connectivity index is 2.23. The summed E-state index contributed by atoms with van der Waals surface area (Å²) < 4.78 is 0. The van der Waals surface area contributed by atoms with Gasteiger partial charge in [0.05, 0.1) is 0 Å². The SMILES string of the molecule is O=C1Nc2cc(Cl)ccc2C1(O)c1ccccc1. The molecule has 18 heavy (non-hydrogen) atoms. The van der Waals surface area contributed by atoms with Crippen LogP contribution in [0.25, 0.3) is 0 Å². The first-order chi connectivity index (χ1) is 8.62. The van der Waals surface area contributed by atoms with Crippen molar-refractivity contribution in [2.75, 3.05) is 5.32 Å². The van der Waals surface area contributed by atoms with Gasteiger partial charge in [-0.3, -0.25) is 4.79 Å². The number of hydrogen-bond donors (Lipinski definition) is 2. The highest BCUT2D eigenvalue weighted by molar-refractivity contribution is 6.31. The maximum absolute atomic E-state index is 12.1. The van der Waals surface area contributed by atoms with Crippen LogP contribution in [0.1, 0.15) is 11.1 Å². The first-order valence-corrected chi connectivity index (χ1v) is 5.89. The van der Waals surface area contributed by atoms with Gasteiger partial charge in [0, 0.05) is 16.3 Å². The number of halogens is 1. The molecule has 2 aromatic carbocycles. The van der Waals surface area contributed by atoms with Crippen LogP contribution in [-0.4, -0.2) is 11.0 Å². The van der Waals surface area contributed by atoms with Crippen LogP contribution in [-0.2, 0) is 10.4 Å². The molecule has 90 valence electrons. The van der Waals surface area contributed by atoms with Crippen LogP contribution in [0.5, 0.6) is 0 Å². The monoisotopic (exact) mass is 259 g/mol. The van der Waals surface area contributed by atoms with Crippen LogP contribution in [0.4, 0.5) is 5.69 Å². The van der Waals surface area contributed by atoms with Gasteiger partial charge in [-0.15, -0.1) is 0 Å². The smallest absolute Gasteiger partial charge is 0.265 e. The summed E-state index contributed by atoms with van der Waals surface area (Å²) in [5.41, 5.74) is -0.00760. The molecule has 1 aliphatic heterocycles. The quantitative estimate of drug-likeness (QED) is 0.827. The Kier molecular flexibility index (Phi) is 2.40. The summed E-state index contributed by atoms with van der Waals surface area (Å²) in [5, 5.41) is 13.9. The zero-order chi connectivity index (χ0) is 12.8. The van der Waals surface area contributed by atoms with Crippen LogP contribution < -0.4 is 5.32 Å². The van der Waals surface area contributed by atoms with Gasteiger partial charge in [-0.2, -0.15) is 0 Å². The Bertz CT molecular complexity index is 627. The molecule has 0 saturated heterocycles. The van der Waals surface area contributed by atoms with E-state index in [2.05, 4.69) is 5.32 Å². The van der Waals surface area contributed by atoms with Crippen molar-refractivity contribution in [2.45, 2.75) is 5.60 Å². The van der Waals surface area contributed by atoms with Crippen molar-refractivity contribution in [3.8, 4) is 0 Å². The molecular weight excluding hydrogens is 250 g/mol. The molecule has 0 aliphatic carbocycles. The zero-order valence-electron chi connectivity index (χ0n) is 9.35. The molecule has 2 N–H and O–H groups in total. The number of aliphatic hydroxyl groups is 1. The number of anilines is 1. The molecule has 1 aliphatic rings. The standard InChI is InChI=1S/C14H10ClNO2/c15-10-6-7-11-12(8-10)16-13(17)14(11,18)9-4-2-1-3-5-9/h1-8,18H,(H,16,17). The number of carbonyl (C=O) groups excluding carboxylic acids is 1. The Morgan fingerprint density at radius 2 is 1.83 bits per heavy atom. The highest BCUT2D eigenvalue weighted by Crippen LogP contribution is 2.41. The maximum Gasteiger partial charge on any atom is 0.265 e. The van der Waals surface area contributed by atoms with Crippen molar-refractivity contribution >= 4 is 23.2 Å². The number of fused-ring (bicyclic) bond motifs is 1. The van der Waals surface area contributed by atoms with E-state index in [-0.39, 0.29) is 0 Å². The van der Waals surface area contributed by atoms with E-state index in [9.17, 15) is 9.90 Å². The molecule has 2 aromatic rings. The fourth-order valence-electron chi connectivity index (χ4n) is 2.24. The number of benzene rings is 2. The second-order valence-electron chi connectivity index (χ2n) is 4.22. The van der Waals surface area contributed by atoms with Gasteiger partial charge in [0.2, 0.25) is 0 Å². The lowest BCUT2D eigenvalue weighted by Gasteiger charge is -2.21. The minimum Gasteiger partial charge on any atom is -0.372 e. The van der Waals surface area contributed by atoms with E-state index in [0.29, 0.717) is 21.8 Å². The number of nitrogens with one attached hydrogen (secondary N) is 1. The van der Waals surface area contributed by atoms with Crippen LogP contribution in [0, 0.1) is 0 Å².